The molecule has 1 aromatic heterocycles. The number of halogens is 1. The summed E-state index contributed by atoms with van der Waals surface area (Å²) in [7, 11) is 3.05. The predicted octanol–water partition coefficient (Wildman–Crippen LogP) is 4.63. The van der Waals surface area contributed by atoms with Crippen LogP contribution in [0.2, 0.25) is 5.02 Å². The third-order valence-corrected chi connectivity index (χ3v) is 5.20. The standard InChI is InChI=1S/C20H18ClN3O4S/c1-11-8-15(17(28-3)9-14(11)21)22-19(26)16-10-29-20(23-16)24-18(25)12-4-6-13(27-2)7-5-12/h4-10H,1-3H3,(H,22,26)(H,23,24,25). The van der Waals surface area contributed by atoms with Crippen LogP contribution in [0.3, 0.4) is 0 Å². The zero-order valence-corrected chi connectivity index (χ0v) is 17.5. The second-order valence-electron chi connectivity index (χ2n) is 5.98. The minimum absolute atomic E-state index is 0.176. The molecule has 3 rings (SSSR count). The van der Waals surface area contributed by atoms with Gasteiger partial charge in [0, 0.05) is 22.0 Å². The molecule has 0 saturated heterocycles. The lowest BCUT2D eigenvalue weighted by molar-refractivity contribution is 0.101. The van der Waals surface area contributed by atoms with Gasteiger partial charge >= 0.3 is 0 Å². The molecule has 3 aromatic rings. The minimum atomic E-state index is -0.425. The molecule has 0 spiro atoms. The largest absolute Gasteiger partial charge is 0.497 e. The number of ether oxygens (including phenoxy) is 2. The lowest BCUT2D eigenvalue weighted by Crippen LogP contribution is -2.15. The molecule has 2 aromatic carbocycles. The van der Waals surface area contributed by atoms with Gasteiger partial charge in [0.2, 0.25) is 0 Å². The Bertz CT molecular complexity index is 1050. The van der Waals surface area contributed by atoms with Crippen molar-refractivity contribution in [3.63, 3.8) is 0 Å². The summed E-state index contributed by atoms with van der Waals surface area (Å²) in [5.74, 6) is 0.343. The molecule has 0 atom stereocenters. The van der Waals surface area contributed by atoms with Gasteiger partial charge in [-0.25, -0.2) is 4.98 Å². The average Bonchev–Trinajstić information content (AvgIpc) is 3.19. The molecule has 7 nitrogen and oxygen atoms in total. The van der Waals surface area contributed by atoms with Crippen molar-refractivity contribution in [1.29, 1.82) is 0 Å². The van der Waals surface area contributed by atoms with Crippen molar-refractivity contribution in [1.82, 2.24) is 4.98 Å². The van der Waals surface area contributed by atoms with Crippen molar-refractivity contribution in [3.05, 3.63) is 63.6 Å². The van der Waals surface area contributed by atoms with Gasteiger partial charge in [0.1, 0.15) is 17.2 Å². The molecule has 150 valence electrons. The Morgan fingerprint density at radius 1 is 1.03 bits per heavy atom. The second-order valence-corrected chi connectivity index (χ2v) is 7.24. The van der Waals surface area contributed by atoms with Crippen molar-refractivity contribution in [2.24, 2.45) is 0 Å². The molecular weight excluding hydrogens is 414 g/mol. The van der Waals surface area contributed by atoms with E-state index in [9.17, 15) is 9.59 Å². The Hall–Kier alpha value is -3.10. The van der Waals surface area contributed by atoms with Crippen molar-refractivity contribution >= 4 is 45.6 Å². The molecule has 0 radical (unpaired) electrons. The molecule has 0 aliphatic carbocycles. The maximum atomic E-state index is 12.5. The number of aromatic nitrogens is 1. The number of hydrogen-bond donors (Lipinski definition) is 2. The number of benzene rings is 2. The summed E-state index contributed by atoms with van der Waals surface area (Å²) < 4.78 is 10.3. The highest BCUT2D eigenvalue weighted by Gasteiger charge is 2.16. The van der Waals surface area contributed by atoms with E-state index in [1.54, 1.807) is 48.9 Å². The van der Waals surface area contributed by atoms with Crippen LogP contribution in [0.15, 0.2) is 41.8 Å². The Balaban J connectivity index is 1.70. The van der Waals surface area contributed by atoms with Crippen molar-refractivity contribution in [2.45, 2.75) is 6.92 Å². The highest BCUT2D eigenvalue weighted by atomic mass is 35.5. The average molecular weight is 432 g/mol. The smallest absolute Gasteiger partial charge is 0.275 e. The first-order valence-corrected chi connectivity index (χ1v) is 9.73. The minimum Gasteiger partial charge on any atom is -0.497 e. The van der Waals surface area contributed by atoms with Crippen LogP contribution in [0.5, 0.6) is 11.5 Å². The van der Waals surface area contributed by atoms with Crippen LogP contribution in [0.4, 0.5) is 10.8 Å². The van der Waals surface area contributed by atoms with Crippen molar-refractivity contribution in [3.8, 4) is 11.5 Å². The number of carbonyl (C=O) groups is 2. The molecule has 2 amide bonds. The number of aryl methyl sites for hydroxylation is 1. The van der Waals surface area contributed by atoms with E-state index in [1.165, 1.54) is 7.11 Å². The van der Waals surface area contributed by atoms with Crippen molar-refractivity contribution in [2.75, 3.05) is 24.9 Å². The maximum absolute atomic E-state index is 12.5. The predicted molar refractivity (Wildman–Crippen MR) is 114 cm³/mol. The normalized spacial score (nSPS) is 10.3. The molecular formula is C20H18ClN3O4S. The third kappa shape index (κ3) is 4.85. The van der Waals surface area contributed by atoms with Crippen LogP contribution < -0.4 is 20.1 Å². The quantitative estimate of drug-likeness (QED) is 0.594. The van der Waals surface area contributed by atoms with Gasteiger partial charge in [-0.3, -0.25) is 14.9 Å². The van der Waals surface area contributed by atoms with Gasteiger partial charge in [0.05, 0.1) is 19.9 Å². The van der Waals surface area contributed by atoms with E-state index in [1.807, 2.05) is 6.92 Å². The fourth-order valence-corrected chi connectivity index (χ4v) is 3.30. The van der Waals surface area contributed by atoms with E-state index in [-0.39, 0.29) is 11.6 Å². The molecule has 0 saturated carbocycles. The molecule has 29 heavy (non-hydrogen) atoms. The van der Waals surface area contributed by atoms with Crippen LogP contribution in [-0.2, 0) is 0 Å². The van der Waals surface area contributed by atoms with E-state index in [4.69, 9.17) is 21.1 Å². The van der Waals surface area contributed by atoms with Gasteiger partial charge in [-0.05, 0) is 42.8 Å². The number of thiazole rings is 1. The number of rotatable bonds is 6. The molecule has 0 bridgehead atoms. The lowest BCUT2D eigenvalue weighted by Gasteiger charge is -2.11. The Labute approximate surface area is 176 Å². The van der Waals surface area contributed by atoms with Crippen LogP contribution in [-0.4, -0.2) is 31.0 Å². The maximum Gasteiger partial charge on any atom is 0.275 e. The zero-order chi connectivity index (χ0) is 21.0. The summed E-state index contributed by atoms with van der Waals surface area (Å²) >= 11 is 7.24. The first-order valence-electron chi connectivity index (χ1n) is 8.47. The molecule has 0 unspecified atom stereocenters. The van der Waals surface area contributed by atoms with Gasteiger partial charge in [-0.15, -0.1) is 11.3 Å². The third-order valence-electron chi connectivity index (χ3n) is 4.04. The Morgan fingerprint density at radius 2 is 1.76 bits per heavy atom. The number of hydrogen-bond acceptors (Lipinski definition) is 6. The molecule has 0 aliphatic rings. The van der Waals surface area contributed by atoms with Crippen LogP contribution in [0, 0.1) is 6.92 Å². The van der Waals surface area contributed by atoms with Gasteiger partial charge in [-0.1, -0.05) is 11.6 Å². The topological polar surface area (TPSA) is 89.5 Å². The number of amides is 2. The molecule has 0 aliphatic heterocycles. The van der Waals surface area contributed by atoms with E-state index in [0.29, 0.717) is 32.9 Å². The summed E-state index contributed by atoms with van der Waals surface area (Å²) in [6, 6.07) is 10.0. The molecule has 9 heteroatoms. The van der Waals surface area contributed by atoms with Crippen LogP contribution in [0.1, 0.15) is 26.4 Å². The fraction of sp³-hybridized carbons (Fsp3) is 0.150. The molecule has 2 N–H and O–H groups in total. The van der Waals surface area contributed by atoms with Gasteiger partial charge in [0.15, 0.2) is 5.13 Å². The summed E-state index contributed by atoms with van der Waals surface area (Å²) in [6.07, 6.45) is 0. The first-order chi connectivity index (χ1) is 13.9. The number of nitrogens with zero attached hydrogens (tertiary/aromatic N) is 1. The van der Waals surface area contributed by atoms with E-state index >= 15 is 0 Å². The number of methoxy groups -OCH3 is 2. The zero-order valence-electron chi connectivity index (χ0n) is 15.9. The van der Waals surface area contributed by atoms with E-state index < -0.39 is 5.91 Å². The van der Waals surface area contributed by atoms with Crippen molar-refractivity contribution < 1.29 is 19.1 Å². The van der Waals surface area contributed by atoms with E-state index in [2.05, 4.69) is 15.6 Å². The fourth-order valence-electron chi connectivity index (χ4n) is 2.46. The summed E-state index contributed by atoms with van der Waals surface area (Å²) in [6.45, 7) is 1.83. The number of anilines is 2. The Morgan fingerprint density at radius 3 is 2.41 bits per heavy atom. The summed E-state index contributed by atoms with van der Waals surface area (Å²) in [4.78, 5) is 29.0. The summed E-state index contributed by atoms with van der Waals surface area (Å²) in [5, 5.41) is 7.85. The molecule has 1 heterocycles. The first kappa shape index (κ1) is 20.6. The highest BCUT2D eigenvalue weighted by molar-refractivity contribution is 7.14. The van der Waals surface area contributed by atoms with E-state index in [0.717, 1.165) is 16.9 Å². The van der Waals surface area contributed by atoms with Gasteiger partial charge < -0.3 is 14.8 Å². The van der Waals surface area contributed by atoms with Crippen LogP contribution >= 0.6 is 22.9 Å². The highest BCUT2D eigenvalue weighted by Crippen LogP contribution is 2.31. The number of carbonyl (C=O) groups excluding carboxylic acids is 2. The summed E-state index contributed by atoms with van der Waals surface area (Å²) in [5.41, 5.74) is 1.91. The SMILES string of the molecule is COc1ccc(C(=O)Nc2nc(C(=O)Nc3cc(C)c(Cl)cc3OC)cs2)cc1. The van der Waals surface area contributed by atoms with Gasteiger partial charge in [-0.2, -0.15) is 0 Å². The number of nitrogens with one attached hydrogen (secondary N) is 2. The second kappa shape index (κ2) is 8.93. The monoisotopic (exact) mass is 431 g/mol. The van der Waals surface area contributed by atoms with Crippen LogP contribution in [0.25, 0.3) is 0 Å². The van der Waals surface area contributed by atoms with Gasteiger partial charge in [0.25, 0.3) is 11.8 Å². The lowest BCUT2D eigenvalue weighted by atomic mass is 10.2. The molecule has 0 fully saturated rings. The Kier molecular flexibility index (Phi) is 6.36.